The van der Waals surface area contributed by atoms with Crippen LogP contribution in [0.25, 0.3) is 5.76 Å². The Kier molecular flexibility index (Phi) is 5.30. The van der Waals surface area contributed by atoms with Crippen molar-refractivity contribution in [3.8, 4) is 5.75 Å². The highest BCUT2D eigenvalue weighted by Crippen LogP contribution is 2.41. The molecule has 4 rings (SSSR count). The van der Waals surface area contributed by atoms with Gasteiger partial charge in [-0.2, -0.15) is 0 Å². The number of ether oxygens (including phenoxy) is 1. The molecule has 0 saturated carbocycles. The van der Waals surface area contributed by atoms with Gasteiger partial charge in [-0.15, -0.1) is 0 Å². The molecular weight excluding hydrogens is 380 g/mol. The van der Waals surface area contributed by atoms with Crippen LogP contribution in [0.15, 0.2) is 84.7 Å². The number of carbonyl (C=O) groups is 2. The zero-order valence-corrected chi connectivity index (χ0v) is 16.4. The van der Waals surface area contributed by atoms with Crippen molar-refractivity contribution in [3.63, 3.8) is 0 Å². The first-order chi connectivity index (χ1) is 14.6. The van der Waals surface area contributed by atoms with Gasteiger partial charge in [-0.25, -0.2) is 0 Å². The summed E-state index contributed by atoms with van der Waals surface area (Å²) in [6.07, 6.45) is 3.21. The van der Waals surface area contributed by atoms with Gasteiger partial charge >= 0.3 is 0 Å². The van der Waals surface area contributed by atoms with Gasteiger partial charge in [0.1, 0.15) is 11.5 Å². The number of amides is 1. The van der Waals surface area contributed by atoms with E-state index in [1.165, 1.54) is 4.90 Å². The van der Waals surface area contributed by atoms with E-state index >= 15 is 0 Å². The molecule has 0 spiro atoms. The van der Waals surface area contributed by atoms with Crippen LogP contribution in [0.3, 0.4) is 0 Å². The summed E-state index contributed by atoms with van der Waals surface area (Å²) in [5, 5.41) is 11.0. The molecule has 2 aromatic carbocycles. The van der Waals surface area contributed by atoms with Crippen LogP contribution < -0.4 is 9.64 Å². The average Bonchev–Trinajstić information content (AvgIpc) is 3.06. The fourth-order valence-corrected chi connectivity index (χ4v) is 3.57. The van der Waals surface area contributed by atoms with E-state index in [1.54, 1.807) is 73.1 Å². The molecule has 0 bridgehead atoms. The van der Waals surface area contributed by atoms with Crippen molar-refractivity contribution in [1.29, 1.82) is 0 Å². The largest absolute Gasteiger partial charge is 0.507 e. The predicted molar refractivity (Wildman–Crippen MR) is 113 cm³/mol. The number of hydrogen-bond donors (Lipinski definition) is 1. The summed E-state index contributed by atoms with van der Waals surface area (Å²) in [6, 6.07) is 18.4. The standard InChI is InChI=1S/C24H20N2O4/c1-2-30-19-12-10-16(11-13-19)22(27)20-21(17-7-6-14-25-15-17)26(24(29)23(20)28)18-8-4-3-5-9-18/h3-15,21,27H,2H2,1H3/b22-20-. The highest BCUT2D eigenvalue weighted by Gasteiger charge is 2.47. The van der Waals surface area contributed by atoms with E-state index in [9.17, 15) is 14.7 Å². The van der Waals surface area contributed by atoms with Crippen molar-refractivity contribution in [3.05, 3.63) is 95.8 Å². The van der Waals surface area contributed by atoms with Gasteiger partial charge in [0.25, 0.3) is 11.7 Å². The van der Waals surface area contributed by atoms with Crippen molar-refractivity contribution in [1.82, 2.24) is 4.98 Å². The van der Waals surface area contributed by atoms with E-state index in [0.29, 0.717) is 29.2 Å². The van der Waals surface area contributed by atoms with E-state index in [0.717, 1.165) is 0 Å². The molecule has 1 aromatic heterocycles. The van der Waals surface area contributed by atoms with Gasteiger partial charge in [-0.05, 0) is 55.0 Å². The molecule has 30 heavy (non-hydrogen) atoms. The number of aliphatic hydroxyl groups is 1. The van der Waals surface area contributed by atoms with Crippen LogP contribution in [0, 0.1) is 0 Å². The summed E-state index contributed by atoms with van der Waals surface area (Å²) in [4.78, 5) is 31.5. The third-order valence-corrected chi connectivity index (χ3v) is 4.92. The lowest BCUT2D eigenvalue weighted by molar-refractivity contribution is -0.132. The molecule has 1 saturated heterocycles. The van der Waals surface area contributed by atoms with Gasteiger partial charge in [0, 0.05) is 23.6 Å². The molecule has 150 valence electrons. The normalized spacial score (nSPS) is 17.9. The third kappa shape index (κ3) is 3.43. The molecule has 3 aromatic rings. The topological polar surface area (TPSA) is 79.7 Å². The van der Waals surface area contributed by atoms with Crippen molar-refractivity contribution in [2.24, 2.45) is 0 Å². The second kappa shape index (κ2) is 8.21. The summed E-state index contributed by atoms with van der Waals surface area (Å²) < 4.78 is 5.43. The second-order valence-electron chi connectivity index (χ2n) is 6.75. The summed E-state index contributed by atoms with van der Waals surface area (Å²) in [5.41, 5.74) is 1.66. The molecule has 1 aliphatic heterocycles. The first-order valence-electron chi connectivity index (χ1n) is 9.61. The van der Waals surface area contributed by atoms with E-state index in [2.05, 4.69) is 4.98 Å². The van der Waals surface area contributed by atoms with E-state index in [-0.39, 0.29) is 11.3 Å². The van der Waals surface area contributed by atoms with Crippen molar-refractivity contribution in [2.75, 3.05) is 11.5 Å². The molecule has 1 aliphatic rings. The van der Waals surface area contributed by atoms with Crippen molar-refractivity contribution < 1.29 is 19.4 Å². The number of rotatable bonds is 5. The number of ketones is 1. The number of benzene rings is 2. The molecule has 6 heteroatoms. The van der Waals surface area contributed by atoms with Crippen LogP contribution in [-0.4, -0.2) is 28.4 Å². The quantitative estimate of drug-likeness (QED) is 0.396. The smallest absolute Gasteiger partial charge is 0.300 e. The highest BCUT2D eigenvalue weighted by molar-refractivity contribution is 6.51. The molecule has 0 aliphatic carbocycles. The Morgan fingerprint density at radius 1 is 1.03 bits per heavy atom. The van der Waals surface area contributed by atoms with Crippen LogP contribution in [0.4, 0.5) is 5.69 Å². The zero-order chi connectivity index (χ0) is 21.1. The Morgan fingerprint density at radius 3 is 2.40 bits per heavy atom. The monoisotopic (exact) mass is 400 g/mol. The summed E-state index contributed by atoms with van der Waals surface area (Å²) >= 11 is 0. The Hall–Kier alpha value is -3.93. The Balaban J connectivity index is 1.87. The molecule has 1 N–H and O–H groups in total. The second-order valence-corrected chi connectivity index (χ2v) is 6.75. The number of nitrogens with zero attached hydrogens (tertiary/aromatic N) is 2. The average molecular weight is 400 g/mol. The number of para-hydroxylation sites is 1. The molecule has 0 radical (unpaired) electrons. The maximum absolute atomic E-state index is 13.0. The van der Waals surface area contributed by atoms with Crippen LogP contribution >= 0.6 is 0 Å². The Morgan fingerprint density at radius 2 is 1.77 bits per heavy atom. The summed E-state index contributed by atoms with van der Waals surface area (Å²) in [5.74, 6) is -1.01. The number of aliphatic hydroxyl groups excluding tert-OH is 1. The van der Waals surface area contributed by atoms with Gasteiger partial charge < -0.3 is 9.84 Å². The number of carbonyl (C=O) groups excluding carboxylic acids is 2. The van der Waals surface area contributed by atoms with Gasteiger partial charge in [-0.3, -0.25) is 19.5 Å². The molecule has 1 atom stereocenters. The van der Waals surface area contributed by atoms with Crippen LogP contribution in [0.5, 0.6) is 5.75 Å². The van der Waals surface area contributed by atoms with E-state index in [1.807, 2.05) is 13.0 Å². The van der Waals surface area contributed by atoms with Crippen molar-refractivity contribution in [2.45, 2.75) is 13.0 Å². The van der Waals surface area contributed by atoms with Gasteiger partial charge in [0.05, 0.1) is 18.2 Å². The number of aromatic nitrogens is 1. The lowest BCUT2D eigenvalue weighted by Gasteiger charge is -2.25. The summed E-state index contributed by atoms with van der Waals surface area (Å²) in [7, 11) is 0. The lowest BCUT2D eigenvalue weighted by atomic mass is 9.96. The fourth-order valence-electron chi connectivity index (χ4n) is 3.57. The highest BCUT2D eigenvalue weighted by atomic mass is 16.5. The number of Topliss-reactive ketones (excluding diaryl/α,β-unsaturated/α-hetero) is 1. The molecule has 1 amide bonds. The van der Waals surface area contributed by atoms with E-state index in [4.69, 9.17) is 4.74 Å². The maximum atomic E-state index is 13.0. The maximum Gasteiger partial charge on any atom is 0.300 e. The van der Waals surface area contributed by atoms with Crippen molar-refractivity contribution >= 4 is 23.1 Å². The Labute approximate surface area is 174 Å². The first-order valence-corrected chi connectivity index (χ1v) is 9.61. The molecule has 1 unspecified atom stereocenters. The summed E-state index contributed by atoms with van der Waals surface area (Å²) in [6.45, 7) is 2.40. The minimum atomic E-state index is -0.785. The SMILES string of the molecule is CCOc1ccc(/C(O)=C2/C(=O)C(=O)N(c3ccccc3)C2c2cccnc2)cc1. The molecular formula is C24H20N2O4. The van der Waals surface area contributed by atoms with Crippen LogP contribution in [-0.2, 0) is 9.59 Å². The zero-order valence-electron chi connectivity index (χ0n) is 16.4. The predicted octanol–water partition coefficient (Wildman–Crippen LogP) is 4.11. The molecule has 1 fully saturated rings. The van der Waals surface area contributed by atoms with E-state index < -0.39 is 17.7 Å². The number of pyridine rings is 1. The van der Waals surface area contributed by atoms with Crippen LogP contribution in [0.2, 0.25) is 0 Å². The van der Waals surface area contributed by atoms with Gasteiger partial charge in [-0.1, -0.05) is 24.3 Å². The number of hydrogen-bond acceptors (Lipinski definition) is 5. The lowest BCUT2D eigenvalue weighted by Crippen LogP contribution is -2.29. The minimum Gasteiger partial charge on any atom is -0.507 e. The first kappa shape index (κ1) is 19.4. The molecule has 6 nitrogen and oxygen atoms in total. The van der Waals surface area contributed by atoms with Gasteiger partial charge in [0.2, 0.25) is 0 Å². The fraction of sp³-hybridized carbons (Fsp3) is 0.125. The van der Waals surface area contributed by atoms with Crippen LogP contribution in [0.1, 0.15) is 24.1 Å². The minimum absolute atomic E-state index is 0.0287. The Bertz CT molecular complexity index is 1090. The number of anilines is 1. The van der Waals surface area contributed by atoms with Gasteiger partial charge in [0.15, 0.2) is 0 Å². The molecule has 2 heterocycles. The third-order valence-electron chi connectivity index (χ3n) is 4.92.